The first-order chi connectivity index (χ1) is 7.31. The van der Waals surface area contributed by atoms with Crippen molar-refractivity contribution >= 4 is 0 Å². The lowest BCUT2D eigenvalue weighted by Gasteiger charge is -2.08. The number of nitrogens with zero attached hydrogens (tertiary/aromatic N) is 3. The Hall–Kier alpha value is -0.900. The summed E-state index contributed by atoms with van der Waals surface area (Å²) in [4.78, 5) is 0. The van der Waals surface area contributed by atoms with Crippen molar-refractivity contribution in [1.82, 2.24) is 15.0 Å². The highest BCUT2D eigenvalue weighted by molar-refractivity contribution is 5.00. The molecule has 1 unspecified atom stereocenters. The summed E-state index contributed by atoms with van der Waals surface area (Å²) in [7, 11) is 0. The zero-order chi connectivity index (χ0) is 10.7. The molecule has 1 heterocycles. The Balaban J connectivity index is 2.02. The third kappa shape index (κ3) is 2.37. The van der Waals surface area contributed by atoms with E-state index in [0.717, 1.165) is 18.5 Å². The van der Waals surface area contributed by atoms with Gasteiger partial charge in [-0.05, 0) is 19.3 Å². The molecule has 0 saturated heterocycles. The lowest BCUT2D eigenvalue weighted by molar-refractivity contribution is 0.454. The topological polar surface area (TPSA) is 56.7 Å². The van der Waals surface area contributed by atoms with E-state index in [-0.39, 0.29) is 6.04 Å². The Bertz CT molecular complexity index is 301. The van der Waals surface area contributed by atoms with Gasteiger partial charge in [0.1, 0.15) is 0 Å². The van der Waals surface area contributed by atoms with Gasteiger partial charge in [-0.15, -0.1) is 5.10 Å². The Morgan fingerprint density at radius 2 is 2.27 bits per heavy atom. The van der Waals surface area contributed by atoms with Crippen LogP contribution in [-0.2, 0) is 0 Å². The van der Waals surface area contributed by atoms with Gasteiger partial charge in [-0.1, -0.05) is 31.4 Å². The molecular formula is C11H20N4. The smallest absolute Gasteiger partial charge is 0.0994 e. The molecule has 1 aliphatic rings. The minimum Gasteiger partial charge on any atom is -0.323 e. The summed E-state index contributed by atoms with van der Waals surface area (Å²) in [6.07, 6.45) is 9.25. The largest absolute Gasteiger partial charge is 0.323 e. The molecule has 1 aromatic rings. The van der Waals surface area contributed by atoms with E-state index >= 15 is 0 Å². The number of hydrogen-bond acceptors (Lipinski definition) is 3. The summed E-state index contributed by atoms with van der Waals surface area (Å²) in [6, 6.07) is 0.630. The predicted octanol–water partition coefficient (Wildman–Crippen LogP) is 2.19. The van der Waals surface area contributed by atoms with Gasteiger partial charge in [0.25, 0.3) is 0 Å². The first kappa shape index (κ1) is 10.6. The van der Waals surface area contributed by atoms with Crippen LogP contribution in [0.1, 0.15) is 63.2 Å². The standard InChI is InChI=1S/C11H20N4/c1-2-5-10(12)11-8-15(14-13-11)9-6-3-4-7-9/h8-10H,2-7,12H2,1H3. The zero-order valence-electron chi connectivity index (χ0n) is 9.39. The van der Waals surface area contributed by atoms with E-state index in [1.165, 1.54) is 25.7 Å². The molecule has 0 bridgehead atoms. The normalized spacial score (nSPS) is 19.6. The molecular weight excluding hydrogens is 188 g/mol. The molecule has 1 aromatic heterocycles. The number of aromatic nitrogens is 3. The molecule has 2 N–H and O–H groups in total. The van der Waals surface area contributed by atoms with Crippen molar-refractivity contribution in [2.75, 3.05) is 0 Å². The molecule has 2 rings (SSSR count). The minimum atomic E-state index is 0.0603. The summed E-state index contributed by atoms with van der Waals surface area (Å²) < 4.78 is 2.01. The second kappa shape index (κ2) is 4.75. The first-order valence-corrected chi connectivity index (χ1v) is 5.98. The van der Waals surface area contributed by atoms with Crippen LogP contribution in [0.3, 0.4) is 0 Å². The van der Waals surface area contributed by atoms with Gasteiger partial charge in [-0.2, -0.15) is 0 Å². The van der Waals surface area contributed by atoms with Crippen molar-refractivity contribution in [1.29, 1.82) is 0 Å². The van der Waals surface area contributed by atoms with E-state index in [2.05, 4.69) is 17.2 Å². The second-order valence-electron chi connectivity index (χ2n) is 4.46. The fourth-order valence-corrected chi connectivity index (χ4v) is 2.27. The van der Waals surface area contributed by atoms with Crippen LogP contribution in [0.5, 0.6) is 0 Å². The predicted molar refractivity (Wildman–Crippen MR) is 59.4 cm³/mol. The summed E-state index contributed by atoms with van der Waals surface area (Å²) >= 11 is 0. The SMILES string of the molecule is CCCC(N)c1cn(C2CCCC2)nn1. The van der Waals surface area contributed by atoms with Gasteiger partial charge in [0, 0.05) is 0 Å². The molecule has 4 nitrogen and oxygen atoms in total. The van der Waals surface area contributed by atoms with E-state index in [1.54, 1.807) is 0 Å². The van der Waals surface area contributed by atoms with E-state index in [1.807, 2.05) is 10.9 Å². The maximum Gasteiger partial charge on any atom is 0.0994 e. The van der Waals surface area contributed by atoms with Crippen LogP contribution in [0, 0.1) is 0 Å². The second-order valence-corrected chi connectivity index (χ2v) is 4.46. The van der Waals surface area contributed by atoms with Crippen molar-refractivity contribution in [3.8, 4) is 0 Å². The van der Waals surface area contributed by atoms with Crippen molar-refractivity contribution in [3.05, 3.63) is 11.9 Å². The molecule has 15 heavy (non-hydrogen) atoms. The Kier molecular flexibility index (Phi) is 3.36. The third-order valence-corrected chi connectivity index (χ3v) is 3.21. The van der Waals surface area contributed by atoms with E-state index < -0.39 is 0 Å². The van der Waals surface area contributed by atoms with E-state index in [0.29, 0.717) is 6.04 Å². The number of hydrogen-bond donors (Lipinski definition) is 1. The van der Waals surface area contributed by atoms with Crippen LogP contribution in [0.25, 0.3) is 0 Å². The average molecular weight is 208 g/mol. The summed E-state index contributed by atoms with van der Waals surface area (Å²) in [5, 5.41) is 8.36. The number of rotatable bonds is 4. The summed E-state index contributed by atoms with van der Waals surface area (Å²) in [6.45, 7) is 2.14. The average Bonchev–Trinajstić information content (AvgIpc) is 2.89. The fraction of sp³-hybridized carbons (Fsp3) is 0.818. The molecule has 0 radical (unpaired) electrons. The van der Waals surface area contributed by atoms with Crippen molar-refractivity contribution in [3.63, 3.8) is 0 Å². The molecule has 0 aliphatic heterocycles. The van der Waals surface area contributed by atoms with Gasteiger partial charge in [0.2, 0.25) is 0 Å². The van der Waals surface area contributed by atoms with Gasteiger partial charge < -0.3 is 5.73 Å². The fourth-order valence-electron chi connectivity index (χ4n) is 2.27. The molecule has 0 spiro atoms. The monoisotopic (exact) mass is 208 g/mol. The molecule has 84 valence electrons. The lowest BCUT2D eigenvalue weighted by atomic mass is 10.1. The third-order valence-electron chi connectivity index (χ3n) is 3.21. The van der Waals surface area contributed by atoms with Crippen LogP contribution >= 0.6 is 0 Å². The molecule has 4 heteroatoms. The highest BCUT2D eigenvalue weighted by atomic mass is 15.4. The number of nitrogens with two attached hydrogens (primary N) is 1. The maximum atomic E-state index is 6.00. The maximum absolute atomic E-state index is 6.00. The summed E-state index contributed by atoms with van der Waals surface area (Å²) in [5.41, 5.74) is 6.95. The molecule has 1 fully saturated rings. The molecule has 0 aromatic carbocycles. The van der Waals surface area contributed by atoms with Gasteiger partial charge >= 0.3 is 0 Å². The van der Waals surface area contributed by atoms with Crippen LogP contribution in [0.15, 0.2) is 6.20 Å². The van der Waals surface area contributed by atoms with Gasteiger partial charge in [0.05, 0.1) is 24.0 Å². The Labute approximate surface area is 90.8 Å². The van der Waals surface area contributed by atoms with Crippen molar-refractivity contribution < 1.29 is 0 Å². The van der Waals surface area contributed by atoms with Gasteiger partial charge in [0.15, 0.2) is 0 Å². The molecule has 1 aliphatic carbocycles. The van der Waals surface area contributed by atoms with Crippen LogP contribution in [0.4, 0.5) is 0 Å². The highest BCUT2D eigenvalue weighted by Gasteiger charge is 2.19. The minimum absolute atomic E-state index is 0.0603. The Morgan fingerprint density at radius 1 is 1.53 bits per heavy atom. The van der Waals surface area contributed by atoms with Gasteiger partial charge in [-0.25, -0.2) is 4.68 Å². The molecule has 1 saturated carbocycles. The summed E-state index contributed by atoms with van der Waals surface area (Å²) in [5.74, 6) is 0. The first-order valence-electron chi connectivity index (χ1n) is 5.98. The van der Waals surface area contributed by atoms with Crippen LogP contribution < -0.4 is 5.73 Å². The van der Waals surface area contributed by atoms with Crippen molar-refractivity contribution in [2.24, 2.45) is 5.73 Å². The zero-order valence-corrected chi connectivity index (χ0v) is 9.39. The highest BCUT2D eigenvalue weighted by Crippen LogP contribution is 2.29. The van der Waals surface area contributed by atoms with Crippen LogP contribution in [0.2, 0.25) is 0 Å². The van der Waals surface area contributed by atoms with Gasteiger partial charge in [-0.3, -0.25) is 0 Å². The van der Waals surface area contributed by atoms with Crippen LogP contribution in [-0.4, -0.2) is 15.0 Å². The van der Waals surface area contributed by atoms with E-state index in [9.17, 15) is 0 Å². The lowest BCUT2D eigenvalue weighted by Crippen LogP contribution is -2.10. The molecule has 1 atom stereocenters. The van der Waals surface area contributed by atoms with Crippen molar-refractivity contribution in [2.45, 2.75) is 57.5 Å². The molecule has 0 amide bonds. The van der Waals surface area contributed by atoms with E-state index in [4.69, 9.17) is 5.73 Å². The quantitative estimate of drug-likeness (QED) is 0.825. The Morgan fingerprint density at radius 3 is 2.93 bits per heavy atom.